The molecule has 80 valence electrons. The van der Waals surface area contributed by atoms with E-state index in [1.807, 2.05) is 0 Å². The maximum absolute atomic E-state index is 10.4. The highest BCUT2D eigenvalue weighted by molar-refractivity contribution is 7.79. The first-order chi connectivity index (χ1) is 6.06. The smallest absolute Gasteiger partial charge is 0.168 e. The second-order valence-corrected chi connectivity index (χ2v) is 4.24. The summed E-state index contributed by atoms with van der Waals surface area (Å²) in [6.45, 7) is 0.324. The molecule has 9 heteroatoms. The molecule has 6 nitrogen and oxygen atoms in total. The average Bonchev–Trinajstić information content (AvgIpc) is 1.99. The Hall–Kier alpha value is 0.430. The molecule has 13 heavy (non-hydrogen) atoms. The van der Waals surface area contributed by atoms with Crippen molar-refractivity contribution in [2.75, 3.05) is 24.2 Å². The van der Waals surface area contributed by atoms with Gasteiger partial charge in [-0.05, 0) is 0 Å². The highest BCUT2D eigenvalue weighted by Crippen LogP contribution is 1.87. The van der Waals surface area contributed by atoms with Gasteiger partial charge in [0.25, 0.3) is 0 Å². The van der Waals surface area contributed by atoms with E-state index in [1.54, 1.807) is 0 Å². The molecule has 0 aromatic rings. The molecule has 0 aromatic heterocycles. The van der Waals surface area contributed by atoms with Crippen LogP contribution < -0.4 is 5.43 Å². The summed E-state index contributed by atoms with van der Waals surface area (Å²) < 4.78 is 37.6. The molecule has 0 aliphatic carbocycles. The molecule has 0 saturated heterocycles. The summed E-state index contributed by atoms with van der Waals surface area (Å²) in [4.78, 5) is 0. The zero-order valence-electron chi connectivity index (χ0n) is 6.68. The monoisotopic (exact) mass is 250 g/mol. The Morgan fingerprint density at radius 2 is 1.92 bits per heavy atom. The van der Waals surface area contributed by atoms with Crippen molar-refractivity contribution < 1.29 is 17.5 Å². The second-order valence-electron chi connectivity index (χ2n) is 2.03. The van der Waals surface area contributed by atoms with Crippen LogP contribution in [0.25, 0.3) is 0 Å². The molecule has 0 aliphatic heterocycles. The van der Waals surface area contributed by atoms with Crippen molar-refractivity contribution >= 4 is 33.8 Å². The van der Waals surface area contributed by atoms with Crippen molar-refractivity contribution in [1.29, 1.82) is 0 Å². The lowest BCUT2D eigenvalue weighted by Crippen LogP contribution is -2.42. The highest BCUT2D eigenvalue weighted by atomic mass is 35.5. The van der Waals surface area contributed by atoms with Gasteiger partial charge in [-0.3, -0.25) is 0 Å². The predicted octanol–water partition coefficient (Wildman–Crippen LogP) is -0.610. The van der Waals surface area contributed by atoms with E-state index in [0.717, 1.165) is 0 Å². The number of nitrogens with one attached hydrogen (secondary N) is 1. The van der Waals surface area contributed by atoms with Gasteiger partial charge in [0.05, 0.1) is 0 Å². The standard InChI is InChI=1S/C4H11ClN2O4S2/c5-1-2-7(4-13(10)11)6-3-12(8)9/h6H,1-4H2,(H,8,9)(H,10,11). The zero-order valence-corrected chi connectivity index (χ0v) is 9.07. The van der Waals surface area contributed by atoms with Gasteiger partial charge in [0.2, 0.25) is 0 Å². The number of alkyl halides is 1. The third kappa shape index (κ3) is 8.75. The minimum absolute atomic E-state index is 0.149. The van der Waals surface area contributed by atoms with Crippen LogP contribution in [0.1, 0.15) is 0 Å². The van der Waals surface area contributed by atoms with Crippen molar-refractivity contribution in [3.63, 3.8) is 0 Å². The number of hydrogen-bond acceptors (Lipinski definition) is 4. The summed E-state index contributed by atoms with van der Waals surface area (Å²) in [5.74, 6) is -0.0692. The molecule has 0 saturated carbocycles. The summed E-state index contributed by atoms with van der Waals surface area (Å²) in [5.41, 5.74) is 2.50. The van der Waals surface area contributed by atoms with Crippen molar-refractivity contribution in [2.45, 2.75) is 0 Å². The van der Waals surface area contributed by atoms with E-state index in [-0.39, 0.29) is 17.6 Å². The van der Waals surface area contributed by atoms with Gasteiger partial charge in [0, 0.05) is 12.4 Å². The van der Waals surface area contributed by atoms with Crippen LogP contribution in [0, 0.1) is 0 Å². The molecule has 2 atom stereocenters. The Balaban J connectivity index is 3.79. The Labute approximate surface area is 86.2 Å². The van der Waals surface area contributed by atoms with E-state index in [9.17, 15) is 8.42 Å². The van der Waals surface area contributed by atoms with Gasteiger partial charge >= 0.3 is 0 Å². The van der Waals surface area contributed by atoms with Crippen molar-refractivity contribution in [3.05, 3.63) is 0 Å². The fourth-order valence-corrected chi connectivity index (χ4v) is 1.56. The molecule has 2 unspecified atom stereocenters. The van der Waals surface area contributed by atoms with Crippen LogP contribution in [0.3, 0.4) is 0 Å². The van der Waals surface area contributed by atoms with E-state index >= 15 is 0 Å². The van der Waals surface area contributed by atoms with E-state index in [2.05, 4.69) is 5.43 Å². The SMILES string of the molecule is O=S(O)CNN(CCCl)CS(=O)O. The van der Waals surface area contributed by atoms with E-state index in [4.69, 9.17) is 20.7 Å². The molecular weight excluding hydrogens is 240 g/mol. The first-order valence-corrected chi connectivity index (χ1v) is 6.34. The maximum Gasteiger partial charge on any atom is 0.168 e. The topological polar surface area (TPSA) is 89.9 Å². The lowest BCUT2D eigenvalue weighted by molar-refractivity contribution is 0.248. The van der Waals surface area contributed by atoms with Crippen molar-refractivity contribution in [1.82, 2.24) is 10.4 Å². The maximum atomic E-state index is 10.4. The molecule has 0 radical (unpaired) electrons. The Bertz CT molecular complexity index is 193. The molecule has 0 bridgehead atoms. The number of rotatable bonds is 7. The minimum Gasteiger partial charge on any atom is -0.305 e. The van der Waals surface area contributed by atoms with Crippen molar-refractivity contribution in [3.8, 4) is 0 Å². The first-order valence-electron chi connectivity index (χ1n) is 3.25. The molecule has 0 aromatic carbocycles. The molecule has 0 aliphatic rings. The molecule has 0 heterocycles. The predicted molar refractivity (Wildman–Crippen MR) is 51.8 cm³/mol. The van der Waals surface area contributed by atoms with Gasteiger partial charge in [-0.15, -0.1) is 11.6 Å². The fraction of sp³-hybridized carbons (Fsp3) is 1.00. The summed E-state index contributed by atoms with van der Waals surface area (Å²) >= 11 is 1.43. The Morgan fingerprint density at radius 1 is 1.31 bits per heavy atom. The minimum atomic E-state index is -1.99. The van der Waals surface area contributed by atoms with Crippen LogP contribution in [-0.2, 0) is 22.2 Å². The van der Waals surface area contributed by atoms with E-state index < -0.39 is 22.2 Å². The molecule has 0 amide bonds. The number of nitrogens with zero attached hydrogens (tertiary/aromatic N) is 1. The summed E-state index contributed by atoms with van der Waals surface area (Å²) in [7, 11) is 0. The molecule has 0 spiro atoms. The molecule has 0 rings (SSSR count). The lowest BCUT2D eigenvalue weighted by Gasteiger charge is -2.18. The van der Waals surface area contributed by atoms with Gasteiger partial charge in [-0.2, -0.15) is 0 Å². The van der Waals surface area contributed by atoms with Crippen LogP contribution in [-0.4, -0.2) is 46.7 Å². The zero-order chi connectivity index (χ0) is 10.3. The quantitative estimate of drug-likeness (QED) is 0.317. The Morgan fingerprint density at radius 3 is 2.31 bits per heavy atom. The lowest BCUT2D eigenvalue weighted by atomic mass is 10.7. The Kier molecular flexibility index (Phi) is 8.06. The van der Waals surface area contributed by atoms with Gasteiger partial charge in [0.1, 0.15) is 11.8 Å². The summed E-state index contributed by atoms with van der Waals surface area (Å²) in [5, 5.41) is 1.32. The van der Waals surface area contributed by atoms with Gasteiger partial charge < -0.3 is 9.11 Å². The van der Waals surface area contributed by atoms with Crippen LogP contribution in [0.2, 0.25) is 0 Å². The van der Waals surface area contributed by atoms with Crippen molar-refractivity contribution in [2.24, 2.45) is 0 Å². The van der Waals surface area contributed by atoms with Crippen LogP contribution in [0.4, 0.5) is 0 Å². The van der Waals surface area contributed by atoms with Gasteiger partial charge in [-0.1, -0.05) is 0 Å². The normalized spacial score (nSPS) is 16.0. The third-order valence-corrected chi connectivity index (χ3v) is 2.11. The number of hydrazine groups is 1. The second kappa shape index (κ2) is 7.80. The van der Waals surface area contributed by atoms with Crippen LogP contribution in [0.15, 0.2) is 0 Å². The third-order valence-electron chi connectivity index (χ3n) is 1.03. The van der Waals surface area contributed by atoms with E-state index in [1.165, 1.54) is 5.01 Å². The molecular formula is C4H11ClN2O4S2. The number of halogens is 1. The largest absolute Gasteiger partial charge is 0.305 e. The number of hydrogen-bond donors (Lipinski definition) is 3. The molecule has 0 fully saturated rings. The summed E-state index contributed by atoms with van der Waals surface area (Å²) in [6, 6.07) is 0. The van der Waals surface area contributed by atoms with Gasteiger partial charge in [0.15, 0.2) is 22.2 Å². The highest BCUT2D eigenvalue weighted by Gasteiger charge is 2.07. The first kappa shape index (κ1) is 13.4. The van der Waals surface area contributed by atoms with E-state index in [0.29, 0.717) is 6.54 Å². The van der Waals surface area contributed by atoms with Crippen LogP contribution >= 0.6 is 11.6 Å². The van der Waals surface area contributed by atoms with Gasteiger partial charge in [-0.25, -0.2) is 18.9 Å². The fourth-order valence-electron chi connectivity index (χ4n) is 0.571. The average molecular weight is 251 g/mol. The summed E-state index contributed by atoms with van der Waals surface area (Å²) in [6.07, 6.45) is 0. The van der Waals surface area contributed by atoms with Crippen LogP contribution in [0.5, 0.6) is 0 Å². The molecule has 3 N–H and O–H groups in total.